The normalized spacial score (nSPS) is 37.0. The molecule has 2 heteroatoms. The molecule has 1 rings (SSSR count). The molecule has 0 heterocycles. The molecule has 2 N–H and O–H groups in total. The Balaban J connectivity index is 2.45. The van der Waals surface area contributed by atoms with E-state index in [2.05, 4.69) is 6.07 Å². The van der Waals surface area contributed by atoms with Gasteiger partial charge in [-0.15, -0.1) is 0 Å². The molecule has 0 aliphatic heterocycles. The Kier molecular flexibility index (Phi) is 1.50. The molecule has 2 nitrogen and oxygen atoms in total. The fourth-order valence-corrected chi connectivity index (χ4v) is 1.15. The third kappa shape index (κ3) is 0.823. The summed E-state index contributed by atoms with van der Waals surface area (Å²) in [7, 11) is 0. The molecule has 0 unspecified atom stereocenters. The van der Waals surface area contributed by atoms with Crippen molar-refractivity contribution in [2.24, 2.45) is 11.7 Å². The fraction of sp³-hybridized carbons (Fsp3) is 0.833. The first-order valence-electron chi connectivity index (χ1n) is 3.00. The van der Waals surface area contributed by atoms with Gasteiger partial charge in [-0.3, -0.25) is 0 Å². The molecule has 1 saturated carbocycles. The van der Waals surface area contributed by atoms with Crippen molar-refractivity contribution in [1.82, 2.24) is 0 Å². The SMILES string of the molecule is N#C[C@H]1CCC[C@@H]1N. The smallest absolute Gasteiger partial charge is 0.0672 e. The molecule has 1 fully saturated rings. The van der Waals surface area contributed by atoms with Gasteiger partial charge >= 0.3 is 0 Å². The predicted molar refractivity (Wildman–Crippen MR) is 30.9 cm³/mol. The van der Waals surface area contributed by atoms with Crippen LogP contribution in [0.4, 0.5) is 0 Å². The van der Waals surface area contributed by atoms with E-state index in [0.717, 1.165) is 19.3 Å². The Bertz CT molecular complexity index is 114. The first-order chi connectivity index (χ1) is 3.84. The zero-order chi connectivity index (χ0) is 5.98. The van der Waals surface area contributed by atoms with Crippen LogP contribution in [0, 0.1) is 17.2 Å². The Morgan fingerprint density at radius 1 is 1.50 bits per heavy atom. The average molecular weight is 110 g/mol. The van der Waals surface area contributed by atoms with Crippen molar-refractivity contribution in [2.45, 2.75) is 25.3 Å². The van der Waals surface area contributed by atoms with Gasteiger partial charge in [0.25, 0.3) is 0 Å². The minimum Gasteiger partial charge on any atom is -0.327 e. The van der Waals surface area contributed by atoms with Crippen LogP contribution in [0.25, 0.3) is 0 Å². The maximum absolute atomic E-state index is 8.41. The summed E-state index contributed by atoms with van der Waals surface area (Å²) < 4.78 is 0. The van der Waals surface area contributed by atoms with Crippen LogP contribution in [-0.2, 0) is 0 Å². The van der Waals surface area contributed by atoms with Gasteiger partial charge in [-0.05, 0) is 12.8 Å². The number of nitrogens with two attached hydrogens (primary N) is 1. The molecule has 0 aromatic heterocycles. The average Bonchev–Trinajstić information content (AvgIpc) is 2.14. The van der Waals surface area contributed by atoms with E-state index in [1.54, 1.807) is 0 Å². The highest BCUT2D eigenvalue weighted by molar-refractivity contribution is 4.94. The van der Waals surface area contributed by atoms with Crippen LogP contribution in [0.5, 0.6) is 0 Å². The van der Waals surface area contributed by atoms with Crippen molar-refractivity contribution < 1.29 is 0 Å². The molecule has 2 atom stereocenters. The third-order valence-corrected chi connectivity index (χ3v) is 1.74. The van der Waals surface area contributed by atoms with E-state index in [4.69, 9.17) is 11.0 Å². The van der Waals surface area contributed by atoms with Gasteiger partial charge in [-0.1, -0.05) is 6.42 Å². The highest BCUT2D eigenvalue weighted by atomic mass is 14.7. The lowest BCUT2D eigenvalue weighted by Crippen LogP contribution is -2.22. The van der Waals surface area contributed by atoms with Crippen molar-refractivity contribution >= 4 is 0 Å². The Morgan fingerprint density at radius 2 is 2.25 bits per heavy atom. The van der Waals surface area contributed by atoms with Gasteiger partial charge < -0.3 is 5.73 Å². The molecule has 0 aromatic carbocycles. The maximum atomic E-state index is 8.41. The molecule has 0 bridgehead atoms. The third-order valence-electron chi connectivity index (χ3n) is 1.74. The van der Waals surface area contributed by atoms with Gasteiger partial charge in [0.2, 0.25) is 0 Å². The summed E-state index contributed by atoms with van der Waals surface area (Å²) in [5.41, 5.74) is 5.57. The summed E-state index contributed by atoms with van der Waals surface area (Å²) in [4.78, 5) is 0. The number of nitriles is 1. The first kappa shape index (κ1) is 5.58. The van der Waals surface area contributed by atoms with Crippen molar-refractivity contribution in [3.8, 4) is 6.07 Å². The second-order valence-corrected chi connectivity index (χ2v) is 2.33. The maximum Gasteiger partial charge on any atom is 0.0672 e. The van der Waals surface area contributed by atoms with Crippen LogP contribution < -0.4 is 5.73 Å². The van der Waals surface area contributed by atoms with Crippen molar-refractivity contribution in [3.05, 3.63) is 0 Å². The van der Waals surface area contributed by atoms with E-state index in [0.29, 0.717) is 0 Å². The lowest BCUT2D eigenvalue weighted by Gasteiger charge is -2.02. The number of rotatable bonds is 0. The van der Waals surface area contributed by atoms with Gasteiger partial charge in [0, 0.05) is 6.04 Å². The molecule has 1 aliphatic carbocycles. The standard InChI is InChI=1S/C6H10N2/c7-4-5-2-1-3-6(5)8/h5-6H,1-3,8H2/t5-,6+/m1/s1. The molecular formula is C6H10N2. The van der Waals surface area contributed by atoms with Gasteiger partial charge in [0.1, 0.15) is 0 Å². The van der Waals surface area contributed by atoms with Crippen LogP contribution in [0.1, 0.15) is 19.3 Å². The largest absolute Gasteiger partial charge is 0.327 e. The first-order valence-corrected chi connectivity index (χ1v) is 3.00. The topological polar surface area (TPSA) is 49.8 Å². The van der Waals surface area contributed by atoms with E-state index in [-0.39, 0.29) is 12.0 Å². The van der Waals surface area contributed by atoms with Crippen molar-refractivity contribution in [3.63, 3.8) is 0 Å². The molecule has 0 spiro atoms. The van der Waals surface area contributed by atoms with Gasteiger partial charge in [0.05, 0.1) is 12.0 Å². The summed E-state index contributed by atoms with van der Waals surface area (Å²) in [6, 6.07) is 2.36. The minimum absolute atomic E-state index is 0.148. The fourth-order valence-electron chi connectivity index (χ4n) is 1.15. The van der Waals surface area contributed by atoms with Gasteiger partial charge in [-0.2, -0.15) is 5.26 Å². The summed E-state index contributed by atoms with van der Waals surface area (Å²) >= 11 is 0. The summed E-state index contributed by atoms with van der Waals surface area (Å²) in [5.74, 6) is 0.148. The highest BCUT2D eigenvalue weighted by Crippen LogP contribution is 2.22. The van der Waals surface area contributed by atoms with Crippen molar-refractivity contribution in [1.29, 1.82) is 5.26 Å². The zero-order valence-corrected chi connectivity index (χ0v) is 4.80. The van der Waals surface area contributed by atoms with Crippen LogP contribution in [0.15, 0.2) is 0 Å². The molecule has 0 saturated heterocycles. The van der Waals surface area contributed by atoms with Crippen molar-refractivity contribution in [2.75, 3.05) is 0 Å². The zero-order valence-electron chi connectivity index (χ0n) is 4.80. The quantitative estimate of drug-likeness (QED) is 0.497. The molecular weight excluding hydrogens is 100 g/mol. The molecule has 0 amide bonds. The van der Waals surface area contributed by atoms with Crippen LogP contribution in [-0.4, -0.2) is 6.04 Å². The van der Waals surface area contributed by atoms with E-state index in [1.807, 2.05) is 0 Å². The van der Waals surface area contributed by atoms with Gasteiger partial charge in [0.15, 0.2) is 0 Å². The van der Waals surface area contributed by atoms with Crippen LogP contribution in [0.2, 0.25) is 0 Å². The lowest BCUT2D eigenvalue weighted by molar-refractivity contribution is 0.593. The molecule has 0 radical (unpaired) electrons. The molecule has 0 aromatic rings. The van der Waals surface area contributed by atoms with E-state index in [1.165, 1.54) is 0 Å². The molecule has 8 heavy (non-hydrogen) atoms. The monoisotopic (exact) mass is 110 g/mol. The van der Waals surface area contributed by atoms with E-state index in [9.17, 15) is 0 Å². The molecule has 44 valence electrons. The highest BCUT2D eigenvalue weighted by Gasteiger charge is 2.22. The van der Waals surface area contributed by atoms with E-state index >= 15 is 0 Å². The predicted octanol–water partition coefficient (Wildman–Crippen LogP) is 0.637. The van der Waals surface area contributed by atoms with Gasteiger partial charge in [-0.25, -0.2) is 0 Å². The summed E-state index contributed by atoms with van der Waals surface area (Å²) in [6.45, 7) is 0. The molecule has 1 aliphatic rings. The second kappa shape index (κ2) is 2.15. The van der Waals surface area contributed by atoms with Crippen LogP contribution in [0.3, 0.4) is 0 Å². The Labute approximate surface area is 49.3 Å². The number of nitrogens with zero attached hydrogens (tertiary/aromatic N) is 1. The second-order valence-electron chi connectivity index (χ2n) is 2.33. The lowest BCUT2D eigenvalue weighted by atomic mass is 10.1. The van der Waals surface area contributed by atoms with E-state index < -0.39 is 0 Å². The summed E-state index contributed by atoms with van der Waals surface area (Å²) in [6.07, 6.45) is 3.19. The van der Waals surface area contributed by atoms with Crippen LogP contribution >= 0.6 is 0 Å². The Hall–Kier alpha value is -0.550. The number of hydrogen-bond donors (Lipinski definition) is 1. The Morgan fingerprint density at radius 3 is 2.50 bits per heavy atom. The summed E-state index contributed by atoms with van der Waals surface area (Å²) in [5, 5.41) is 8.41. The minimum atomic E-state index is 0.148. The number of hydrogen-bond acceptors (Lipinski definition) is 2.